The molecule has 0 aromatic rings. The summed E-state index contributed by atoms with van der Waals surface area (Å²) < 4.78 is 0. The van der Waals surface area contributed by atoms with Gasteiger partial charge in [0.25, 0.3) is 0 Å². The lowest BCUT2D eigenvalue weighted by Gasteiger charge is -2.68. The molecule has 0 aromatic heterocycles. The van der Waals surface area contributed by atoms with Crippen LogP contribution >= 0.6 is 0 Å². The maximum absolute atomic E-state index is 12.4. The van der Waals surface area contributed by atoms with Crippen LogP contribution in [-0.4, -0.2) is 77.5 Å². The zero-order valence-corrected chi connectivity index (χ0v) is 23.8. The minimum Gasteiger partial charge on any atom is -0.393 e. The topological polar surface area (TPSA) is 142 Å². The van der Waals surface area contributed by atoms with Crippen LogP contribution in [0.25, 0.3) is 0 Å². The summed E-state index contributed by atoms with van der Waals surface area (Å²) in [5.41, 5.74) is -3.76. The van der Waals surface area contributed by atoms with Crippen molar-refractivity contribution in [2.24, 2.45) is 46.3 Å². The van der Waals surface area contributed by atoms with Crippen LogP contribution in [0.15, 0.2) is 0 Å². The molecule has 4 fully saturated rings. The van der Waals surface area contributed by atoms with Gasteiger partial charge in [-0.25, -0.2) is 0 Å². The van der Waals surface area contributed by atoms with E-state index in [1.165, 1.54) is 0 Å². The molecule has 37 heavy (non-hydrogen) atoms. The van der Waals surface area contributed by atoms with Crippen molar-refractivity contribution in [2.75, 3.05) is 0 Å². The van der Waals surface area contributed by atoms with E-state index in [1.807, 2.05) is 6.92 Å². The van der Waals surface area contributed by atoms with E-state index >= 15 is 0 Å². The Morgan fingerprint density at radius 1 is 0.865 bits per heavy atom. The molecule has 0 saturated heterocycles. The molecule has 4 aliphatic rings. The van der Waals surface area contributed by atoms with E-state index in [-0.39, 0.29) is 47.8 Å². The van der Waals surface area contributed by atoms with Gasteiger partial charge in [-0.3, -0.25) is 0 Å². The van der Waals surface area contributed by atoms with E-state index in [0.29, 0.717) is 19.3 Å². The van der Waals surface area contributed by atoms with Gasteiger partial charge in [-0.05, 0) is 80.5 Å². The second-order valence-electron chi connectivity index (χ2n) is 14.6. The Labute approximate surface area is 223 Å². The molecule has 4 rings (SSSR count). The lowest BCUT2D eigenvalue weighted by molar-refractivity contribution is -0.315. The molecule has 0 bridgehead atoms. The van der Waals surface area contributed by atoms with Crippen molar-refractivity contribution >= 4 is 0 Å². The molecule has 0 unspecified atom stereocenters. The van der Waals surface area contributed by atoms with E-state index in [1.54, 1.807) is 6.92 Å². The molecule has 4 saturated carbocycles. The van der Waals surface area contributed by atoms with Crippen LogP contribution in [0.5, 0.6) is 0 Å². The first kappa shape index (κ1) is 29.7. The zero-order chi connectivity index (χ0) is 27.7. The summed E-state index contributed by atoms with van der Waals surface area (Å²) in [4.78, 5) is 0. The van der Waals surface area contributed by atoms with Crippen molar-refractivity contribution in [3.8, 4) is 0 Å². The minimum atomic E-state index is -1.44. The maximum Gasteiger partial charge on any atom is 0.0987 e. The van der Waals surface area contributed by atoms with Crippen molar-refractivity contribution in [1.82, 2.24) is 0 Å². The van der Waals surface area contributed by atoms with Crippen LogP contribution in [0.1, 0.15) is 99.3 Å². The van der Waals surface area contributed by atoms with Gasteiger partial charge in [0, 0.05) is 24.2 Å². The Hall–Kier alpha value is -0.280. The van der Waals surface area contributed by atoms with E-state index in [0.717, 1.165) is 25.7 Å². The van der Waals surface area contributed by atoms with Gasteiger partial charge >= 0.3 is 0 Å². The molecule has 4 aliphatic carbocycles. The third-order valence-corrected chi connectivity index (χ3v) is 12.4. The highest BCUT2D eigenvalue weighted by Crippen LogP contribution is 2.70. The smallest absolute Gasteiger partial charge is 0.0987 e. The summed E-state index contributed by atoms with van der Waals surface area (Å²) in [7, 11) is 0. The fourth-order valence-electron chi connectivity index (χ4n) is 10.3. The SMILES string of the molecule is CC(C)[C@H](CC[C@@H](C)[C@H]1C[C@H](O)[C@H]2[C@]1(C)CC[C@@H]1[C@@]2(O)C[C@@H](O)[C@@]2(O)C[C@@H](O)CC[C@]12C)[C@H](O)[C@H](C)O. The summed E-state index contributed by atoms with van der Waals surface area (Å²) in [5, 5.41) is 77.7. The average molecular weight is 527 g/mol. The van der Waals surface area contributed by atoms with E-state index in [4.69, 9.17) is 0 Å². The predicted octanol–water partition coefficient (Wildman–Crippen LogP) is 2.61. The Balaban J connectivity index is 1.58. The molecule has 14 atom stereocenters. The number of hydrogen-bond acceptors (Lipinski definition) is 7. The van der Waals surface area contributed by atoms with Crippen LogP contribution in [0.3, 0.4) is 0 Å². The summed E-state index contributed by atoms with van der Waals surface area (Å²) >= 11 is 0. The van der Waals surface area contributed by atoms with Gasteiger partial charge in [0.05, 0.1) is 41.7 Å². The average Bonchev–Trinajstić information content (AvgIpc) is 3.07. The molecule has 0 spiro atoms. The highest BCUT2D eigenvalue weighted by Gasteiger charge is 2.74. The Morgan fingerprint density at radius 3 is 2.11 bits per heavy atom. The Bertz CT molecular complexity index is 820. The van der Waals surface area contributed by atoms with Crippen LogP contribution in [0, 0.1) is 46.3 Å². The normalized spacial score (nSPS) is 51.1. The fraction of sp³-hybridized carbons (Fsp3) is 1.00. The Morgan fingerprint density at radius 2 is 1.51 bits per heavy atom. The van der Waals surface area contributed by atoms with Gasteiger partial charge in [0.2, 0.25) is 0 Å². The van der Waals surface area contributed by atoms with Crippen molar-refractivity contribution in [3.05, 3.63) is 0 Å². The molecule has 0 aromatic carbocycles. The minimum absolute atomic E-state index is 0.00919. The van der Waals surface area contributed by atoms with Gasteiger partial charge < -0.3 is 35.7 Å². The number of rotatable bonds is 7. The number of hydrogen-bond donors (Lipinski definition) is 7. The highest BCUT2D eigenvalue weighted by atomic mass is 16.4. The number of fused-ring (bicyclic) bond motifs is 5. The van der Waals surface area contributed by atoms with Crippen molar-refractivity contribution < 1.29 is 35.7 Å². The van der Waals surface area contributed by atoms with Gasteiger partial charge in [0.1, 0.15) is 0 Å². The van der Waals surface area contributed by atoms with Crippen molar-refractivity contribution in [1.29, 1.82) is 0 Å². The maximum atomic E-state index is 12.4. The molecule has 7 heteroatoms. The van der Waals surface area contributed by atoms with E-state index < -0.39 is 53.1 Å². The fourth-order valence-corrected chi connectivity index (χ4v) is 10.3. The van der Waals surface area contributed by atoms with Crippen molar-refractivity contribution in [2.45, 2.75) is 141 Å². The lowest BCUT2D eigenvalue weighted by atomic mass is 9.40. The monoisotopic (exact) mass is 526 g/mol. The summed E-state index contributed by atoms with van der Waals surface area (Å²) in [6, 6.07) is 0. The first-order chi connectivity index (χ1) is 17.0. The second-order valence-corrected chi connectivity index (χ2v) is 14.6. The second kappa shape index (κ2) is 9.97. The molecule has 0 amide bonds. The van der Waals surface area contributed by atoms with Crippen LogP contribution < -0.4 is 0 Å². The number of aliphatic hydroxyl groups is 7. The number of aliphatic hydroxyl groups excluding tert-OH is 5. The molecule has 0 aliphatic heterocycles. The molecule has 7 N–H and O–H groups in total. The molecule has 0 heterocycles. The predicted molar refractivity (Wildman–Crippen MR) is 141 cm³/mol. The third-order valence-electron chi connectivity index (χ3n) is 12.4. The molecular formula is C30H54O7. The van der Waals surface area contributed by atoms with Gasteiger partial charge in [0.15, 0.2) is 0 Å². The molecular weight excluding hydrogens is 472 g/mol. The quantitative estimate of drug-likeness (QED) is 0.270. The van der Waals surface area contributed by atoms with Crippen LogP contribution in [0.2, 0.25) is 0 Å². The first-order valence-corrected chi connectivity index (χ1v) is 14.9. The van der Waals surface area contributed by atoms with E-state index in [9.17, 15) is 35.7 Å². The summed E-state index contributed by atoms with van der Waals surface area (Å²) in [6.07, 6.45) is 0.980. The van der Waals surface area contributed by atoms with Gasteiger partial charge in [-0.2, -0.15) is 0 Å². The standard InChI is InChI=1S/C30H54O7/c1-16(2)20(25(35)18(4)31)8-7-17(3)21-13-22(33)26-27(21,5)11-10-23-28(6)12-9-19(32)14-30(28,37)24(34)15-29(23,26)36/h16-26,31-37H,7-15H2,1-6H3/t17-,18+,19+,20+,21-,22+,23+,24-,25-,26+,27-,28-,29+,30+/m1/s1. The lowest BCUT2D eigenvalue weighted by Crippen LogP contribution is -2.75. The molecule has 0 radical (unpaired) electrons. The van der Waals surface area contributed by atoms with Crippen LogP contribution in [-0.2, 0) is 0 Å². The molecule has 216 valence electrons. The third kappa shape index (κ3) is 4.43. The van der Waals surface area contributed by atoms with E-state index in [2.05, 4.69) is 27.7 Å². The summed E-state index contributed by atoms with van der Waals surface area (Å²) in [6.45, 7) is 12.2. The zero-order valence-electron chi connectivity index (χ0n) is 23.8. The highest BCUT2D eigenvalue weighted by molar-refractivity contribution is 5.23. The summed E-state index contributed by atoms with van der Waals surface area (Å²) in [5.74, 6) is 0.0333. The Kier molecular flexibility index (Phi) is 8.00. The van der Waals surface area contributed by atoms with Crippen LogP contribution in [0.4, 0.5) is 0 Å². The molecule has 7 nitrogen and oxygen atoms in total. The largest absolute Gasteiger partial charge is 0.393 e. The van der Waals surface area contributed by atoms with Gasteiger partial charge in [-0.15, -0.1) is 0 Å². The van der Waals surface area contributed by atoms with Crippen molar-refractivity contribution in [3.63, 3.8) is 0 Å². The van der Waals surface area contributed by atoms with Gasteiger partial charge in [-0.1, -0.05) is 41.0 Å². The first-order valence-electron chi connectivity index (χ1n) is 14.9.